The molecule has 0 bridgehead atoms. The molecule has 0 atom stereocenters. The number of rotatable bonds is 6. The summed E-state index contributed by atoms with van der Waals surface area (Å²) in [6.07, 6.45) is 3.61. The summed E-state index contributed by atoms with van der Waals surface area (Å²) in [7, 11) is 6.31. The largest absolute Gasteiger partial charge is 0.493 e. The van der Waals surface area contributed by atoms with Gasteiger partial charge in [-0.05, 0) is 29.7 Å². The Hall–Kier alpha value is -4.59. The van der Waals surface area contributed by atoms with Gasteiger partial charge in [0.15, 0.2) is 11.5 Å². The fraction of sp³-hybridized carbons (Fsp3) is 0.148. The van der Waals surface area contributed by atoms with Crippen molar-refractivity contribution in [1.29, 1.82) is 0 Å². The number of nitrogens with one attached hydrogen (secondary N) is 1. The highest BCUT2D eigenvalue weighted by Gasteiger charge is 2.21. The maximum absolute atomic E-state index is 13.3. The summed E-state index contributed by atoms with van der Waals surface area (Å²) in [4.78, 5) is 27.1. The molecule has 0 fully saturated rings. The smallest absolute Gasteiger partial charge is 0.274 e. The van der Waals surface area contributed by atoms with Gasteiger partial charge >= 0.3 is 0 Å². The van der Waals surface area contributed by atoms with Gasteiger partial charge in [-0.25, -0.2) is 4.98 Å². The van der Waals surface area contributed by atoms with Gasteiger partial charge in [0.25, 0.3) is 5.91 Å². The Morgan fingerprint density at radius 3 is 2.43 bits per heavy atom. The molecule has 5 rings (SSSR count). The van der Waals surface area contributed by atoms with Crippen LogP contribution in [0.4, 0.5) is 5.69 Å². The normalized spacial score (nSPS) is 11.0. The van der Waals surface area contributed by atoms with Gasteiger partial charge in [0, 0.05) is 42.5 Å². The fourth-order valence-electron chi connectivity index (χ4n) is 4.18. The number of pyridine rings is 2. The number of ether oxygens (including phenoxy) is 3. The van der Waals surface area contributed by atoms with E-state index in [1.807, 2.05) is 42.6 Å². The van der Waals surface area contributed by atoms with E-state index in [-0.39, 0.29) is 5.91 Å². The number of H-pyrrole nitrogens is 1. The lowest BCUT2D eigenvalue weighted by Crippen LogP contribution is -2.26. The van der Waals surface area contributed by atoms with E-state index in [9.17, 15) is 4.79 Å². The molecule has 3 heterocycles. The van der Waals surface area contributed by atoms with E-state index in [2.05, 4.69) is 9.97 Å². The number of amides is 1. The van der Waals surface area contributed by atoms with Crippen LogP contribution in [0.25, 0.3) is 33.1 Å². The lowest BCUT2D eigenvalue weighted by Gasteiger charge is -2.20. The Morgan fingerprint density at radius 2 is 1.71 bits per heavy atom. The third-order valence-corrected chi connectivity index (χ3v) is 6.00. The molecule has 8 heteroatoms. The molecule has 3 aromatic heterocycles. The molecule has 5 aromatic rings. The number of hydrogen-bond donors (Lipinski definition) is 1. The molecule has 0 saturated carbocycles. The number of aromatic amines is 1. The number of carbonyl (C=O) groups is 1. The summed E-state index contributed by atoms with van der Waals surface area (Å²) in [5.41, 5.74) is 4.33. The number of carbonyl (C=O) groups excluding carboxylic acids is 1. The minimum absolute atomic E-state index is 0.227. The number of methoxy groups -OCH3 is 3. The van der Waals surface area contributed by atoms with Crippen molar-refractivity contribution in [2.75, 3.05) is 33.3 Å². The van der Waals surface area contributed by atoms with Gasteiger partial charge in [0.1, 0.15) is 5.69 Å². The molecule has 2 aromatic carbocycles. The summed E-state index contributed by atoms with van der Waals surface area (Å²) >= 11 is 0. The zero-order chi connectivity index (χ0) is 24.5. The van der Waals surface area contributed by atoms with E-state index < -0.39 is 0 Å². The molecular weight excluding hydrogens is 444 g/mol. The van der Waals surface area contributed by atoms with Crippen molar-refractivity contribution in [3.05, 3.63) is 72.7 Å². The maximum atomic E-state index is 13.3. The summed E-state index contributed by atoms with van der Waals surface area (Å²) in [6, 6.07) is 17.1. The number of fused-ring (bicyclic) bond motifs is 2. The van der Waals surface area contributed by atoms with Crippen molar-refractivity contribution in [2.24, 2.45) is 0 Å². The van der Waals surface area contributed by atoms with Crippen LogP contribution in [0.5, 0.6) is 17.2 Å². The second-order valence-electron chi connectivity index (χ2n) is 7.96. The Kier molecular flexibility index (Phi) is 5.70. The zero-order valence-electron chi connectivity index (χ0n) is 19.8. The first-order chi connectivity index (χ1) is 17.0. The summed E-state index contributed by atoms with van der Waals surface area (Å²) in [5.74, 6) is 1.17. The Balaban J connectivity index is 1.50. The van der Waals surface area contributed by atoms with Crippen LogP contribution >= 0.6 is 0 Å². The number of nitrogens with zero attached hydrogens (tertiary/aromatic N) is 3. The van der Waals surface area contributed by atoms with Crippen LogP contribution < -0.4 is 19.1 Å². The van der Waals surface area contributed by atoms with Gasteiger partial charge in [0.2, 0.25) is 5.75 Å². The zero-order valence-corrected chi connectivity index (χ0v) is 19.8. The Morgan fingerprint density at radius 1 is 0.943 bits per heavy atom. The molecule has 176 valence electrons. The topological polar surface area (TPSA) is 89.6 Å². The molecule has 0 aliphatic rings. The first kappa shape index (κ1) is 22.2. The lowest BCUT2D eigenvalue weighted by molar-refractivity contribution is 0.0989. The quantitative estimate of drug-likeness (QED) is 0.374. The number of aromatic nitrogens is 3. The number of hydrogen-bond acceptors (Lipinski definition) is 6. The van der Waals surface area contributed by atoms with Gasteiger partial charge < -0.3 is 24.1 Å². The summed E-state index contributed by atoms with van der Waals surface area (Å²) in [5, 5.41) is 2.12. The molecule has 35 heavy (non-hydrogen) atoms. The van der Waals surface area contributed by atoms with Crippen molar-refractivity contribution in [3.63, 3.8) is 0 Å². The molecule has 0 aliphatic carbocycles. The van der Waals surface area contributed by atoms with Crippen LogP contribution in [0, 0.1) is 0 Å². The summed E-state index contributed by atoms with van der Waals surface area (Å²) in [6.45, 7) is 0. The highest BCUT2D eigenvalue weighted by Crippen LogP contribution is 2.41. The molecule has 0 spiro atoms. The SMILES string of the molecule is COc1cc(N(C)C(=O)c2cc3nc(-c4cccc5cnccc45)ccc3[nH]2)cc(OC)c1OC. The Labute approximate surface area is 202 Å². The first-order valence-electron chi connectivity index (χ1n) is 10.9. The van der Waals surface area contributed by atoms with Crippen LogP contribution in [-0.2, 0) is 0 Å². The molecule has 0 saturated heterocycles. The maximum Gasteiger partial charge on any atom is 0.274 e. The van der Waals surface area contributed by atoms with E-state index in [4.69, 9.17) is 19.2 Å². The Bertz CT molecular complexity index is 1530. The van der Waals surface area contributed by atoms with Crippen LogP contribution in [0.1, 0.15) is 10.5 Å². The van der Waals surface area contributed by atoms with Crippen molar-refractivity contribution in [2.45, 2.75) is 0 Å². The minimum atomic E-state index is -0.227. The second-order valence-corrected chi connectivity index (χ2v) is 7.96. The first-order valence-corrected chi connectivity index (χ1v) is 10.9. The van der Waals surface area contributed by atoms with E-state index in [1.165, 1.54) is 26.2 Å². The van der Waals surface area contributed by atoms with Gasteiger partial charge in [-0.2, -0.15) is 0 Å². The van der Waals surface area contributed by atoms with Crippen molar-refractivity contribution < 1.29 is 19.0 Å². The van der Waals surface area contributed by atoms with Crippen LogP contribution in [0.15, 0.2) is 67.0 Å². The van der Waals surface area contributed by atoms with Crippen molar-refractivity contribution >= 4 is 33.4 Å². The summed E-state index contributed by atoms with van der Waals surface area (Å²) < 4.78 is 16.2. The predicted molar refractivity (Wildman–Crippen MR) is 136 cm³/mol. The monoisotopic (exact) mass is 468 g/mol. The minimum Gasteiger partial charge on any atom is -0.493 e. The van der Waals surface area contributed by atoms with Crippen LogP contribution in [0.2, 0.25) is 0 Å². The van der Waals surface area contributed by atoms with Gasteiger partial charge in [-0.15, -0.1) is 0 Å². The van der Waals surface area contributed by atoms with Crippen molar-refractivity contribution in [3.8, 4) is 28.5 Å². The average Bonchev–Trinajstić information content (AvgIpc) is 3.34. The second kappa shape index (κ2) is 8.98. The van der Waals surface area contributed by atoms with Gasteiger partial charge in [0.05, 0.1) is 43.7 Å². The van der Waals surface area contributed by atoms with Crippen LogP contribution in [-0.4, -0.2) is 49.2 Å². The molecule has 8 nitrogen and oxygen atoms in total. The van der Waals surface area contributed by atoms with Crippen molar-refractivity contribution in [1.82, 2.24) is 15.0 Å². The average molecular weight is 469 g/mol. The van der Waals surface area contributed by atoms with E-state index in [0.717, 1.165) is 27.5 Å². The molecule has 1 amide bonds. The molecule has 0 unspecified atom stereocenters. The third-order valence-electron chi connectivity index (χ3n) is 6.00. The molecular formula is C27H24N4O4. The highest BCUT2D eigenvalue weighted by atomic mass is 16.5. The molecule has 1 N–H and O–H groups in total. The van der Waals surface area contributed by atoms with Gasteiger partial charge in [-0.3, -0.25) is 9.78 Å². The number of benzene rings is 2. The molecule has 0 aliphatic heterocycles. The van der Waals surface area contributed by atoms with Gasteiger partial charge in [-0.1, -0.05) is 18.2 Å². The lowest BCUT2D eigenvalue weighted by atomic mass is 10.0. The van der Waals surface area contributed by atoms with E-state index in [1.54, 1.807) is 31.4 Å². The third kappa shape index (κ3) is 3.89. The van der Waals surface area contributed by atoms with Crippen LogP contribution in [0.3, 0.4) is 0 Å². The molecule has 0 radical (unpaired) electrons. The van der Waals surface area contributed by atoms with E-state index in [0.29, 0.717) is 34.1 Å². The standard InChI is InChI=1S/C27H24N4O4/c1-31(17-12-24(33-2)26(35-4)25(13-17)34-3)27(32)23-14-22-21(30-23)9-8-20(29-22)19-7-5-6-16-15-28-11-10-18(16)19/h5-15,30H,1-4H3. The number of anilines is 1. The predicted octanol–water partition coefficient (Wildman–Crippen LogP) is 5.08. The highest BCUT2D eigenvalue weighted by molar-refractivity contribution is 6.07. The fourth-order valence-corrected chi connectivity index (χ4v) is 4.18. The van der Waals surface area contributed by atoms with E-state index >= 15 is 0 Å².